The van der Waals surface area contributed by atoms with E-state index in [4.69, 9.17) is 5.11 Å². The van der Waals surface area contributed by atoms with Crippen molar-refractivity contribution in [2.24, 2.45) is 0 Å². The van der Waals surface area contributed by atoms with Gasteiger partial charge in [0, 0.05) is 0 Å². The minimum Gasteiger partial charge on any atom is -0.493 e. The van der Waals surface area contributed by atoms with Crippen molar-refractivity contribution in [3.63, 3.8) is 0 Å². The summed E-state index contributed by atoms with van der Waals surface area (Å²) in [6.07, 6.45) is 0. The van der Waals surface area contributed by atoms with E-state index in [0.717, 1.165) is 11.6 Å². The van der Waals surface area contributed by atoms with Crippen molar-refractivity contribution in [1.82, 2.24) is 9.55 Å². The summed E-state index contributed by atoms with van der Waals surface area (Å²) >= 11 is 0. The quantitative estimate of drug-likeness (QED) is 0.823. The Kier molecular flexibility index (Phi) is 2.72. The lowest BCUT2D eigenvalue weighted by molar-refractivity contribution is 0.443. The average molecular weight is 216 g/mol. The second-order valence-corrected chi connectivity index (χ2v) is 3.57. The number of hydrogen-bond acceptors (Lipinski definition) is 3. The van der Waals surface area contributed by atoms with Crippen LogP contribution in [0.25, 0.3) is 0 Å². The Balaban J connectivity index is 2.39. The minimum atomic E-state index is -0.242. The topological polar surface area (TPSA) is 55.1 Å². The van der Waals surface area contributed by atoms with Gasteiger partial charge in [0.15, 0.2) is 0 Å². The van der Waals surface area contributed by atoms with Gasteiger partial charge in [-0.1, -0.05) is 30.3 Å². The van der Waals surface area contributed by atoms with Crippen LogP contribution in [0.5, 0.6) is 5.88 Å². The van der Waals surface area contributed by atoms with E-state index in [9.17, 15) is 4.79 Å². The lowest BCUT2D eigenvalue weighted by Gasteiger charge is -2.08. The van der Waals surface area contributed by atoms with Gasteiger partial charge in [-0.3, -0.25) is 9.36 Å². The van der Waals surface area contributed by atoms with Crippen molar-refractivity contribution in [3.8, 4) is 5.88 Å². The van der Waals surface area contributed by atoms with Crippen molar-refractivity contribution in [3.05, 3.63) is 58.1 Å². The van der Waals surface area contributed by atoms with E-state index in [1.165, 1.54) is 4.57 Å². The smallest absolute Gasteiger partial charge is 0.257 e. The van der Waals surface area contributed by atoms with Gasteiger partial charge in [0.05, 0.1) is 12.6 Å². The maximum atomic E-state index is 11.6. The summed E-state index contributed by atoms with van der Waals surface area (Å²) in [4.78, 5) is 15.5. The fraction of sp³-hybridized carbons (Fsp3) is 0.167. The second-order valence-electron chi connectivity index (χ2n) is 3.57. The molecule has 2 rings (SSSR count). The monoisotopic (exact) mass is 216 g/mol. The Labute approximate surface area is 92.8 Å². The molecule has 0 unspecified atom stereocenters. The largest absolute Gasteiger partial charge is 0.493 e. The molecule has 0 atom stereocenters. The fourth-order valence-electron chi connectivity index (χ4n) is 1.56. The van der Waals surface area contributed by atoms with E-state index in [1.54, 1.807) is 6.92 Å². The third-order valence-corrected chi connectivity index (χ3v) is 2.37. The highest BCUT2D eigenvalue weighted by Crippen LogP contribution is 2.04. The van der Waals surface area contributed by atoms with Gasteiger partial charge < -0.3 is 5.11 Å². The van der Waals surface area contributed by atoms with Gasteiger partial charge in [-0.25, -0.2) is 4.98 Å². The molecule has 1 aromatic heterocycles. The molecule has 1 aromatic carbocycles. The van der Waals surface area contributed by atoms with E-state index in [0.29, 0.717) is 12.4 Å². The molecule has 0 aliphatic heterocycles. The average Bonchev–Trinajstić information content (AvgIpc) is 2.25. The van der Waals surface area contributed by atoms with Gasteiger partial charge >= 0.3 is 0 Å². The molecule has 4 heteroatoms. The lowest BCUT2D eigenvalue weighted by atomic mass is 10.2. The van der Waals surface area contributed by atoms with Crippen LogP contribution in [0.2, 0.25) is 0 Å². The summed E-state index contributed by atoms with van der Waals surface area (Å²) in [6, 6.07) is 10.8. The third-order valence-electron chi connectivity index (χ3n) is 2.37. The molecule has 0 aliphatic carbocycles. The molecule has 0 bridgehead atoms. The molecule has 0 fully saturated rings. The zero-order chi connectivity index (χ0) is 11.5. The molecule has 82 valence electrons. The summed E-state index contributed by atoms with van der Waals surface area (Å²) in [5.41, 5.74) is 0.786. The summed E-state index contributed by atoms with van der Waals surface area (Å²) in [5, 5.41) is 9.16. The Morgan fingerprint density at radius 1 is 1.31 bits per heavy atom. The van der Waals surface area contributed by atoms with E-state index < -0.39 is 0 Å². The fourth-order valence-corrected chi connectivity index (χ4v) is 1.56. The predicted molar refractivity (Wildman–Crippen MR) is 60.4 cm³/mol. The second kappa shape index (κ2) is 4.18. The first-order valence-corrected chi connectivity index (χ1v) is 4.98. The van der Waals surface area contributed by atoms with E-state index in [2.05, 4.69) is 4.98 Å². The van der Waals surface area contributed by atoms with Crippen LogP contribution >= 0.6 is 0 Å². The number of aromatic hydroxyl groups is 1. The number of nitrogens with zero attached hydrogens (tertiary/aromatic N) is 2. The highest BCUT2D eigenvalue weighted by Gasteiger charge is 2.04. The van der Waals surface area contributed by atoms with Crippen LogP contribution in [0.4, 0.5) is 0 Å². The number of rotatable bonds is 2. The normalized spacial score (nSPS) is 10.3. The van der Waals surface area contributed by atoms with Crippen molar-refractivity contribution in [1.29, 1.82) is 0 Å². The van der Waals surface area contributed by atoms with Gasteiger partial charge in [-0.15, -0.1) is 0 Å². The molecule has 1 N–H and O–H groups in total. The molecular weight excluding hydrogens is 204 g/mol. The lowest BCUT2D eigenvalue weighted by Crippen LogP contribution is -2.23. The summed E-state index contributed by atoms with van der Waals surface area (Å²) in [5.74, 6) is 0.278. The summed E-state index contributed by atoms with van der Waals surface area (Å²) < 4.78 is 1.52. The molecule has 0 spiro atoms. The van der Waals surface area contributed by atoms with Crippen LogP contribution in [0.1, 0.15) is 11.4 Å². The third kappa shape index (κ3) is 2.11. The Morgan fingerprint density at radius 3 is 2.62 bits per heavy atom. The molecule has 4 nitrogen and oxygen atoms in total. The number of aryl methyl sites for hydroxylation is 1. The van der Waals surface area contributed by atoms with Crippen LogP contribution in [0.15, 0.2) is 41.2 Å². The molecule has 2 aromatic rings. The van der Waals surface area contributed by atoms with E-state index in [-0.39, 0.29) is 11.4 Å². The van der Waals surface area contributed by atoms with E-state index in [1.807, 2.05) is 30.3 Å². The zero-order valence-corrected chi connectivity index (χ0v) is 8.92. The molecule has 1 heterocycles. The van der Waals surface area contributed by atoms with Crippen molar-refractivity contribution in [2.45, 2.75) is 13.5 Å². The standard InChI is InChI=1S/C12H12N2O2/c1-9-13-11(15)7-12(16)14(9)8-10-5-3-2-4-6-10/h2-7,15H,8H2,1H3. The highest BCUT2D eigenvalue weighted by molar-refractivity contribution is 5.16. The summed E-state index contributed by atoms with van der Waals surface area (Å²) in [6.45, 7) is 2.17. The first kappa shape index (κ1) is 10.4. The maximum absolute atomic E-state index is 11.6. The number of benzene rings is 1. The van der Waals surface area contributed by atoms with Crippen molar-refractivity contribution in [2.75, 3.05) is 0 Å². The molecule has 0 saturated carbocycles. The van der Waals surface area contributed by atoms with Gasteiger partial charge in [-0.2, -0.15) is 0 Å². The van der Waals surface area contributed by atoms with Crippen LogP contribution in [0, 0.1) is 6.92 Å². The van der Waals surface area contributed by atoms with Crippen LogP contribution in [-0.2, 0) is 6.54 Å². The summed E-state index contributed by atoms with van der Waals surface area (Å²) in [7, 11) is 0. The van der Waals surface area contributed by atoms with Crippen molar-refractivity contribution < 1.29 is 5.11 Å². The Bertz CT molecular complexity index is 547. The first-order chi connectivity index (χ1) is 7.66. The minimum absolute atomic E-state index is 0.230. The molecular formula is C12H12N2O2. The van der Waals surface area contributed by atoms with Gasteiger partial charge in [-0.05, 0) is 12.5 Å². The Morgan fingerprint density at radius 2 is 2.00 bits per heavy atom. The van der Waals surface area contributed by atoms with Crippen LogP contribution in [0.3, 0.4) is 0 Å². The van der Waals surface area contributed by atoms with Gasteiger partial charge in [0.2, 0.25) is 5.88 Å². The van der Waals surface area contributed by atoms with Crippen molar-refractivity contribution >= 4 is 0 Å². The first-order valence-electron chi connectivity index (χ1n) is 4.98. The zero-order valence-electron chi connectivity index (χ0n) is 8.92. The molecule has 0 amide bonds. The molecule has 0 saturated heterocycles. The van der Waals surface area contributed by atoms with E-state index >= 15 is 0 Å². The molecule has 16 heavy (non-hydrogen) atoms. The number of aromatic nitrogens is 2. The number of hydrogen-bond donors (Lipinski definition) is 1. The predicted octanol–water partition coefficient (Wildman–Crippen LogP) is 1.31. The van der Waals surface area contributed by atoms with Crippen LogP contribution in [-0.4, -0.2) is 14.7 Å². The maximum Gasteiger partial charge on any atom is 0.257 e. The molecule has 0 radical (unpaired) electrons. The Hall–Kier alpha value is -2.10. The van der Waals surface area contributed by atoms with Crippen LogP contribution < -0.4 is 5.56 Å². The van der Waals surface area contributed by atoms with Gasteiger partial charge in [0.25, 0.3) is 5.56 Å². The van der Waals surface area contributed by atoms with Gasteiger partial charge in [0.1, 0.15) is 5.82 Å². The molecule has 0 aliphatic rings. The highest BCUT2D eigenvalue weighted by atomic mass is 16.3. The SMILES string of the molecule is Cc1nc(O)cc(=O)n1Cc1ccccc1.